The van der Waals surface area contributed by atoms with Gasteiger partial charge in [0.2, 0.25) is 0 Å². The molecule has 0 saturated carbocycles. The first kappa shape index (κ1) is 20.5. The molecule has 0 fully saturated rings. The van der Waals surface area contributed by atoms with Gasteiger partial charge in [-0.2, -0.15) is 0 Å². The maximum absolute atomic E-state index is 12.6. The molecule has 0 aliphatic rings. The number of nitrogens with zero attached hydrogens (tertiary/aromatic N) is 1. The van der Waals surface area contributed by atoms with Crippen LogP contribution in [0.3, 0.4) is 0 Å². The number of benzene rings is 3. The molecule has 0 aromatic heterocycles. The van der Waals surface area contributed by atoms with E-state index >= 15 is 0 Å². The lowest BCUT2D eigenvalue weighted by molar-refractivity contribution is -0.385. The minimum Gasteiger partial charge on any atom is -0.477 e. The van der Waals surface area contributed by atoms with Crippen molar-refractivity contribution >= 4 is 23.2 Å². The number of ether oxygens (including phenoxy) is 1. The minimum absolute atomic E-state index is 0.00783. The van der Waals surface area contributed by atoms with Crippen molar-refractivity contribution in [1.29, 1.82) is 0 Å². The van der Waals surface area contributed by atoms with Gasteiger partial charge in [0.15, 0.2) is 12.4 Å². The third-order valence-corrected chi connectivity index (χ3v) is 4.16. The van der Waals surface area contributed by atoms with Crippen molar-refractivity contribution in [2.24, 2.45) is 0 Å². The summed E-state index contributed by atoms with van der Waals surface area (Å²) in [4.78, 5) is 35.3. The Morgan fingerprint density at radius 1 is 0.900 bits per heavy atom. The largest absolute Gasteiger partial charge is 0.477 e. The average molecular weight is 405 g/mol. The molecule has 0 heterocycles. The van der Waals surface area contributed by atoms with E-state index in [9.17, 15) is 19.7 Å². The van der Waals surface area contributed by atoms with Gasteiger partial charge in [-0.05, 0) is 23.8 Å². The van der Waals surface area contributed by atoms with E-state index in [4.69, 9.17) is 4.74 Å². The first-order valence-corrected chi connectivity index (χ1v) is 9.12. The highest BCUT2D eigenvalue weighted by molar-refractivity contribution is 6.04. The Bertz CT molecular complexity index is 1050. The molecule has 0 aliphatic heterocycles. The average Bonchev–Trinajstić information content (AvgIpc) is 2.77. The summed E-state index contributed by atoms with van der Waals surface area (Å²) < 4.78 is 5.28. The zero-order valence-electron chi connectivity index (χ0n) is 15.9. The molecule has 8 heteroatoms. The highest BCUT2D eigenvalue weighted by atomic mass is 16.6. The lowest BCUT2D eigenvalue weighted by Crippen LogP contribution is -2.26. The molecule has 0 atom stereocenters. The number of rotatable bonds is 8. The molecule has 8 nitrogen and oxygen atoms in total. The van der Waals surface area contributed by atoms with Crippen molar-refractivity contribution in [3.8, 4) is 5.75 Å². The summed E-state index contributed by atoms with van der Waals surface area (Å²) in [6.45, 7) is -0.0897. The van der Waals surface area contributed by atoms with E-state index in [2.05, 4.69) is 10.6 Å². The first-order chi connectivity index (χ1) is 14.5. The molecule has 0 aliphatic carbocycles. The van der Waals surface area contributed by atoms with Gasteiger partial charge in [-0.3, -0.25) is 19.7 Å². The van der Waals surface area contributed by atoms with E-state index in [0.717, 1.165) is 5.56 Å². The second kappa shape index (κ2) is 9.83. The van der Waals surface area contributed by atoms with Gasteiger partial charge in [0.1, 0.15) is 0 Å². The number of amides is 2. The van der Waals surface area contributed by atoms with Crippen LogP contribution in [-0.2, 0) is 11.3 Å². The van der Waals surface area contributed by atoms with Crippen molar-refractivity contribution in [3.63, 3.8) is 0 Å². The molecule has 30 heavy (non-hydrogen) atoms. The molecule has 0 radical (unpaired) electrons. The topological polar surface area (TPSA) is 111 Å². The van der Waals surface area contributed by atoms with E-state index in [0.29, 0.717) is 17.8 Å². The van der Waals surface area contributed by atoms with Crippen LogP contribution in [0.2, 0.25) is 0 Å². The highest BCUT2D eigenvalue weighted by Crippen LogP contribution is 2.25. The van der Waals surface area contributed by atoms with Crippen LogP contribution in [0.5, 0.6) is 5.75 Å². The maximum atomic E-state index is 12.6. The van der Waals surface area contributed by atoms with Gasteiger partial charge in [-0.15, -0.1) is 0 Å². The number of carbonyl (C=O) groups is 2. The molecule has 152 valence electrons. The molecule has 0 unspecified atom stereocenters. The van der Waals surface area contributed by atoms with E-state index in [1.165, 1.54) is 18.2 Å². The molecular formula is C22H19N3O5. The number of hydrogen-bond acceptors (Lipinski definition) is 5. The Morgan fingerprint density at radius 2 is 1.57 bits per heavy atom. The van der Waals surface area contributed by atoms with Gasteiger partial charge in [0.25, 0.3) is 11.8 Å². The van der Waals surface area contributed by atoms with Gasteiger partial charge >= 0.3 is 5.69 Å². The second-order valence-electron chi connectivity index (χ2n) is 6.28. The highest BCUT2D eigenvalue weighted by Gasteiger charge is 2.16. The standard InChI is InChI=1S/C22H19N3O5/c26-21(15-30-20-13-7-6-12-19(20)25(28)29)24-18-11-5-4-10-17(18)22(27)23-14-16-8-2-1-3-9-16/h1-13H,14-15H2,(H,23,27)(H,24,26). The van der Waals surface area contributed by atoms with E-state index in [-0.39, 0.29) is 17.3 Å². The number of nitro groups is 1. The maximum Gasteiger partial charge on any atom is 0.310 e. The number of hydrogen-bond donors (Lipinski definition) is 2. The molecule has 2 amide bonds. The Morgan fingerprint density at radius 3 is 2.33 bits per heavy atom. The van der Waals surface area contributed by atoms with Crippen molar-refractivity contribution in [3.05, 3.63) is 100 Å². The Balaban J connectivity index is 1.62. The van der Waals surface area contributed by atoms with E-state index in [1.54, 1.807) is 30.3 Å². The van der Waals surface area contributed by atoms with Crippen LogP contribution in [0.25, 0.3) is 0 Å². The molecular weight excluding hydrogens is 386 g/mol. The van der Waals surface area contributed by atoms with E-state index < -0.39 is 17.4 Å². The predicted octanol–water partition coefficient (Wildman–Crippen LogP) is 3.54. The van der Waals surface area contributed by atoms with Gasteiger partial charge in [0.05, 0.1) is 16.2 Å². The van der Waals surface area contributed by atoms with Gasteiger partial charge in [-0.1, -0.05) is 54.6 Å². The Kier molecular flexibility index (Phi) is 6.73. The third kappa shape index (κ3) is 5.41. The summed E-state index contributed by atoms with van der Waals surface area (Å²) in [6, 6.07) is 21.8. The van der Waals surface area contributed by atoms with Crippen LogP contribution >= 0.6 is 0 Å². The monoisotopic (exact) mass is 405 g/mol. The molecule has 0 bridgehead atoms. The zero-order valence-corrected chi connectivity index (χ0v) is 15.9. The molecule has 2 N–H and O–H groups in total. The van der Waals surface area contributed by atoms with Crippen molar-refractivity contribution < 1.29 is 19.2 Å². The Labute approximate surface area is 172 Å². The van der Waals surface area contributed by atoms with Crippen LogP contribution in [-0.4, -0.2) is 23.3 Å². The number of nitro benzene ring substituents is 1. The SMILES string of the molecule is O=C(COc1ccccc1[N+](=O)[O-])Nc1ccccc1C(=O)NCc1ccccc1. The smallest absolute Gasteiger partial charge is 0.310 e. The van der Waals surface area contributed by atoms with E-state index in [1.807, 2.05) is 30.3 Å². The van der Waals surface area contributed by atoms with Crippen LogP contribution in [0.15, 0.2) is 78.9 Å². The van der Waals surface area contributed by atoms with Crippen LogP contribution in [0.4, 0.5) is 11.4 Å². The lowest BCUT2D eigenvalue weighted by Gasteiger charge is -2.12. The molecule has 3 rings (SSSR count). The number of carbonyl (C=O) groups excluding carboxylic acids is 2. The van der Waals surface area contributed by atoms with Crippen LogP contribution in [0.1, 0.15) is 15.9 Å². The zero-order chi connectivity index (χ0) is 21.3. The van der Waals surface area contributed by atoms with Crippen LogP contribution in [0, 0.1) is 10.1 Å². The lowest BCUT2D eigenvalue weighted by atomic mass is 10.1. The number of anilines is 1. The minimum atomic E-state index is -0.584. The fraction of sp³-hybridized carbons (Fsp3) is 0.0909. The summed E-state index contributed by atoms with van der Waals surface area (Å²) in [6.07, 6.45) is 0. The predicted molar refractivity (Wildman–Crippen MR) is 111 cm³/mol. The summed E-state index contributed by atoms with van der Waals surface area (Å²) in [7, 11) is 0. The van der Waals surface area contributed by atoms with Crippen LogP contribution < -0.4 is 15.4 Å². The first-order valence-electron chi connectivity index (χ1n) is 9.12. The quantitative estimate of drug-likeness (QED) is 0.440. The van der Waals surface area contributed by atoms with Gasteiger partial charge in [0, 0.05) is 12.6 Å². The summed E-state index contributed by atoms with van der Waals surface area (Å²) >= 11 is 0. The fourth-order valence-corrected chi connectivity index (χ4v) is 2.72. The normalized spacial score (nSPS) is 10.1. The van der Waals surface area contributed by atoms with Gasteiger partial charge < -0.3 is 15.4 Å². The third-order valence-electron chi connectivity index (χ3n) is 4.16. The fourth-order valence-electron chi connectivity index (χ4n) is 2.72. The summed E-state index contributed by atoms with van der Waals surface area (Å²) in [5, 5.41) is 16.4. The van der Waals surface area contributed by atoms with Crippen molar-refractivity contribution in [2.45, 2.75) is 6.54 Å². The Hall–Kier alpha value is -4.20. The van der Waals surface area contributed by atoms with Gasteiger partial charge in [-0.25, -0.2) is 0 Å². The second-order valence-corrected chi connectivity index (χ2v) is 6.28. The summed E-state index contributed by atoms with van der Waals surface area (Å²) in [5.74, 6) is -0.891. The molecule has 0 saturated heterocycles. The molecule has 3 aromatic carbocycles. The summed E-state index contributed by atoms with van der Waals surface area (Å²) in [5.41, 5.74) is 1.34. The van der Waals surface area contributed by atoms with Crippen molar-refractivity contribution in [2.75, 3.05) is 11.9 Å². The molecule has 3 aromatic rings. The number of nitrogens with one attached hydrogen (secondary N) is 2. The number of para-hydroxylation sites is 3. The van der Waals surface area contributed by atoms with Crippen molar-refractivity contribution in [1.82, 2.24) is 5.32 Å². The molecule has 0 spiro atoms.